The van der Waals surface area contributed by atoms with Gasteiger partial charge in [0.05, 0.1) is 12.7 Å². The summed E-state index contributed by atoms with van der Waals surface area (Å²) in [6.45, 7) is 5.35. The number of hydrogen-bond donors (Lipinski definition) is 0. The summed E-state index contributed by atoms with van der Waals surface area (Å²) in [6, 6.07) is 0. The molecule has 60 valence electrons. The second-order valence-corrected chi connectivity index (χ2v) is 1.84. The largest absolute Gasteiger partial charge is 0.465 e. The van der Waals surface area contributed by atoms with Crippen molar-refractivity contribution in [3.63, 3.8) is 0 Å². The number of esters is 1. The summed E-state index contributed by atoms with van der Waals surface area (Å²) < 4.78 is 4.49. The molecule has 0 aromatic heterocycles. The number of carbonyl (C=O) groups is 1. The van der Waals surface area contributed by atoms with Gasteiger partial charge in [-0.3, -0.25) is 0 Å². The van der Waals surface area contributed by atoms with Crippen molar-refractivity contribution < 1.29 is 9.53 Å². The van der Waals surface area contributed by atoms with E-state index in [1.54, 1.807) is 12.2 Å². The number of carbonyl (C=O) groups excluding carboxylic acids is 1. The fourth-order valence-electron chi connectivity index (χ4n) is 0.537. The molecule has 2 heteroatoms. The third-order valence-electron chi connectivity index (χ3n) is 1.11. The van der Waals surface area contributed by atoms with Crippen LogP contribution in [0.4, 0.5) is 0 Å². The highest BCUT2D eigenvalue weighted by Crippen LogP contribution is 1.98. The van der Waals surface area contributed by atoms with Crippen LogP contribution >= 0.6 is 0 Å². The van der Waals surface area contributed by atoms with Gasteiger partial charge in [0, 0.05) is 0 Å². The second-order valence-electron chi connectivity index (χ2n) is 1.84. The highest BCUT2D eigenvalue weighted by atomic mass is 16.5. The van der Waals surface area contributed by atoms with E-state index in [9.17, 15) is 4.79 Å². The molecule has 0 aromatic rings. The highest BCUT2D eigenvalue weighted by molar-refractivity contribution is 5.91. The molecule has 0 radical (unpaired) electrons. The molecular formula is C9H12O2. The molecule has 0 aliphatic carbocycles. The Labute approximate surface area is 66.9 Å². The van der Waals surface area contributed by atoms with E-state index in [0.29, 0.717) is 5.57 Å². The minimum Gasteiger partial charge on any atom is -0.465 e. The van der Waals surface area contributed by atoms with E-state index in [1.807, 2.05) is 13.0 Å². The third kappa shape index (κ3) is 3.40. The van der Waals surface area contributed by atoms with E-state index < -0.39 is 0 Å². The zero-order valence-corrected chi connectivity index (χ0v) is 6.83. The van der Waals surface area contributed by atoms with Crippen LogP contribution in [0.1, 0.15) is 6.92 Å². The third-order valence-corrected chi connectivity index (χ3v) is 1.11. The quantitative estimate of drug-likeness (QED) is 0.350. The van der Waals surface area contributed by atoms with Gasteiger partial charge < -0.3 is 4.74 Å². The highest BCUT2D eigenvalue weighted by Gasteiger charge is 2.01. The zero-order valence-electron chi connectivity index (χ0n) is 6.83. The van der Waals surface area contributed by atoms with Gasteiger partial charge in [0.2, 0.25) is 0 Å². The first kappa shape index (κ1) is 9.69. The maximum absolute atomic E-state index is 10.9. The van der Waals surface area contributed by atoms with Crippen molar-refractivity contribution in [1.82, 2.24) is 0 Å². The smallest absolute Gasteiger partial charge is 0.337 e. The Kier molecular flexibility index (Phi) is 4.82. The lowest BCUT2D eigenvalue weighted by Crippen LogP contribution is -2.01. The average Bonchev–Trinajstić information content (AvgIpc) is 2.05. The van der Waals surface area contributed by atoms with Gasteiger partial charge in [0.15, 0.2) is 0 Å². The van der Waals surface area contributed by atoms with E-state index in [-0.39, 0.29) is 5.97 Å². The van der Waals surface area contributed by atoms with Crippen molar-refractivity contribution in [2.75, 3.05) is 7.11 Å². The molecule has 0 saturated carbocycles. The van der Waals surface area contributed by atoms with Gasteiger partial charge in [-0.1, -0.05) is 24.8 Å². The van der Waals surface area contributed by atoms with Crippen molar-refractivity contribution >= 4 is 5.97 Å². The second kappa shape index (κ2) is 5.47. The number of ether oxygens (including phenoxy) is 1. The number of hydrogen-bond acceptors (Lipinski definition) is 2. The molecule has 0 amide bonds. The standard InChI is InChI=1S/C9H12O2/c1-4-6-7-8(5-2)9(10)11-3/h4-7H,2H2,1,3H3/b6-4+,8-7+. The predicted octanol–water partition coefficient (Wildman–Crippen LogP) is 1.85. The Bertz CT molecular complexity index is 200. The lowest BCUT2D eigenvalue weighted by Gasteiger charge is -1.95. The van der Waals surface area contributed by atoms with Gasteiger partial charge >= 0.3 is 5.97 Å². The summed E-state index contributed by atoms with van der Waals surface area (Å²) >= 11 is 0. The first-order valence-corrected chi connectivity index (χ1v) is 3.30. The minimum atomic E-state index is -0.363. The number of methoxy groups -OCH3 is 1. The molecule has 0 spiro atoms. The van der Waals surface area contributed by atoms with Crippen molar-refractivity contribution in [1.29, 1.82) is 0 Å². The lowest BCUT2D eigenvalue weighted by molar-refractivity contribution is -0.135. The van der Waals surface area contributed by atoms with E-state index in [0.717, 1.165) is 0 Å². The average molecular weight is 152 g/mol. The van der Waals surface area contributed by atoms with Crippen molar-refractivity contribution in [3.8, 4) is 0 Å². The monoisotopic (exact) mass is 152 g/mol. The molecule has 0 fully saturated rings. The molecule has 0 heterocycles. The van der Waals surface area contributed by atoms with Crippen LogP contribution in [0, 0.1) is 0 Å². The molecule has 0 N–H and O–H groups in total. The van der Waals surface area contributed by atoms with Crippen LogP contribution in [0.15, 0.2) is 36.5 Å². The minimum absolute atomic E-state index is 0.363. The molecule has 2 nitrogen and oxygen atoms in total. The Hall–Kier alpha value is -1.31. The van der Waals surface area contributed by atoms with Crippen molar-refractivity contribution in [2.45, 2.75) is 6.92 Å². The Morgan fingerprint density at radius 3 is 2.55 bits per heavy atom. The van der Waals surface area contributed by atoms with Gasteiger partial charge in [-0.25, -0.2) is 4.79 Å². The molecule has 11 heavy (non-hydrogen) atoms. The Balaban J connectivity index is 4.38. The van der Waals surface area contributed by atoms with Crippen LogP contribution in [0.2, 0.25) is 0 Å². The van der Waals surface area contributed by atoms with Crippen LogP contribution in [0.3, 0.4) is 0 Å². The zero-order chi connectivity index (χ0) is 8.69. The van der Waals surface area contributed by atoms with Crippen LogP contribution < -0.4 is 0 Å². The van der Waals surface area contributed by atoms with E-state index in [1.165, 1.54) is 13.2 Å². The van der Waals surface area contributed by atoms with Crippen LogP contribution in [0.5, 0.6) is 0 Å². The normalized spacial score (nSPS) is 11.6. The SMILES string of the molecule is C=C/C(=C\C=C\C)C(=O)OC. The lowest BCUT2D eigenvalue weighted by atomic mass is 10.2. The van der Waals surface area contributed by atoms with Gasteiger partial charge in [-0.05, 0) is 13.0 Å². The summed E-state index contributed by atoms with van der Waals surface area (Å²) in [5, 5.41) is 0. The van der Waals surface area contributed by atoms with E-state index in [2.05, 4.69) is 11.3 Å². The van der Waals surface area contributed by atoms with Gasteiger partial charge in [-0.2, -0.15) is 0 Å². The van der Waals surface area contributed by atoms with E-state index >= 15 is 0 Å². The first-order chi connectivity index (χ1) is 5.26. The van der Waals surface area contributed by atoms with Crippen LogP contribution in [-0.4, -0.2) is 13.1 Å². The molecule has 0 rings (SSSR count). The molecule has 0 bridgehead atoms. The molecule has 0 aliphatic heterocycles. The summed E-state index contributed by atoms with van der Waals surface area (Å²) in [5.74, 6) is -0.363. The molecule has 0 saturated heterocycles. The Morgan fingerprint density at radius 1 is 1.55 bits per heavy atom. The fraction of sp³-hybridized carbons (Fsp3) is 0.222. The van der Waals surface area contributed by atoms with Crippen LogP contribution in [0.25, 0.3) is 0 Å². The first-order valence-electron chi connectivity index (χ1n) is 3.30. The summed E-state index contributed by atoms with van der Waals surface area (Å²) in [6.07, 6.45) is 6.70. The van der Waals surface area contributed by atoms with Crippen molar-refractivity contribution in [2.24, 2.45) is 0 Å². The molecule has 0 aliphatic rings. The molecular weight excluding hydrogens is 140 g/mol. The molecule has 0 unspecified atom stereocenters. The van der Waals surface area contributed by atoms with Gasteiger partial charge in [0.25, 0.3) is 0 Å². The fourth-order valence-corrected chi connectivity index (χ4v) is 0.537. The predicted molar refractivity (Wildman–Crippen MR) is 45.1 cm³/mol. The van der Waals surface area contributed by atoms with E-state index in [4.69, 9.17) is 0 Å². The number of allylic oxidation sites excluding steroid dienone is 3. The van der Waals surface area contributed by atoms with Crippen LogP contribution in [-0.2, 0) is 9.53 Å². The summed E-state index contributed by atoms with van der Waals surface area (Å²) in [4.78, 5) is 10.9. The summed E-state index contributed by atoms with van der Waals surface area (Å²) in [5.41, 5.74) is 0.464. The maximum Gasteiger partial charge on any atom is 0.337 e. The molecule has 0 aromatic carbocycles. The maximum atomic E-state index is 10.9. The van der Waals surface area contributed by atoms with Crippen molar-refractivity contribution in [3.05, 3.63) is 36.5 Å². The van der Waals surface area contributed by atoms with Gasteiger partial charge in [-0.15, -0.1) is 0 Å². The van der Waals surface area contributed by atoms with Gasteiger partial charge in [0.1, 0.15) is 0 Å². The number of rotatable bonds is 3. The Morgan fingerprint density at radius 2 is 2.18 bits per heavy atom. The molecule has 0 atom stereocenters. The topological polar surface area (TPSA) is 26.3 Å². The summed E-state index contributed by atoms with van der Waals surface area (Å²) in [7, 11) is 1.34.